The van der Waals surface area contributed by atoms with Crippen LogP contribution in [0.1, 0.15) is 24.5 Å². The molecule has 0 aliphatic heterocycles. The second-order valence-electron chi connectivity index (χ2n) is 3.81. The summed E-state index contributed by atoms with van der Waals surface area (Å²) in [5, 5.41) is 8.97. The Labute approximate surface area is 101 Å². The van der Waals surface area contributed by atoms with E-state index in [1.54, 1.807) is 19.2 Å². The first-order chi connectivity index (χ1) is 8.13. The van der Waals surface area contributed by atoms with Crippen LogP contribution in [0, 0.1) is 18.3 Å². The molecular weight excluding hydrogens is 216 g/mol. The molecule has 0 saturated heterocycles. The van der Waals surface area contributed by atoms with Crippen molar-refractivity contribution in [1.82, 2.24) is 0 Å². The minimum Gasteiger partial charge on any atom is -0.491 e. The third-order valence-electron chi connectivity index (χ3n) is 2.43. The molecule has 0 unspecified atom stereocenters. The molecule has 1 rings (SSSR count). The highest BCUT2D eigenvalue weighted by Crippen LogP contribution is 2.30. The predicted molar refractivity (Wildman–Crippen MR) is 66.1 cm³/mol. The normalized spacial score (nSPS) is 9.53. The number of hydrogen-bond acceptors (Lipinski definition) is 3. The molecule has 0 saturated carbocycles. The second kappa shape index (κ2) is 5.90. The number of amides is 1. The van der Waals surface area contributed by atoms with Crippen molar-refractivity contribution >= 4 is 12.1 Å². The van der Waals surface area contributed by atoms with E-state index >= 15 is 0 Å². The summed E-state index contributed by atoms with van der Waals surface area (Å²) in [6, 6.07) is 5.57. The highest BCUT2D eigenvalue weighted by atomic mass is 16.5. The van der Waals surface area contributed by atoms with Gasteiger partial charge in [-0.3, -0.25) is 4.79 Å². The molecule has 0 fully saturated rings. The number of anilines is 1. The number of aryl methyl sites for hydroxylation is 1. The first kappa shape index (κ1) is 13.0. The number of rotatable bonds is 5. The number of benzene rings is 1. The van der Waals surface area contributed by atoms with E-state index in [4.69, 9.17) is 10.00 Å². The molecule has 90 valence electrons. The fourth-order valence-electron chi connectivity index (χ4n) is 1.45. The number of carbonyl (C=O) groups is 1. The zero-order chi connectivity index (χ0) is 12.8. The maximum absolute atomic E-state index is 10.8. The molecular formula is C13H16N2O2. The molecule has 4 nitrogen and oxygen atoms in total. The third-order valence-corrected chi connectivity index (χ3v) is 2.43. The van der Waals surface area contributed by atoms with Gasteiger partial charge in [-0.15, -0.1) is 0 Å². The van der Waals surface area contributed by atoms with Crippen LogP contribution in [-0.4, -0.2) is 20.1 Å². The van der Waals surface area contributed by atoms with Gasteiger partial charge in [0.25, 0.3) is 0 Å². The zero-order valence-electron chi connectivity index (χ0n) is 10.4. The summed E-state index contributed by atoms with van der Waals surface area (Å²) >= 11 is 0. The Kier molecular flexibility index (Phi) is 4.53. The molecule has 0 heterocycles. The molecule has 1 aromatic rings. The van der Waals surface area contributed by atoms with Crippen LogP contribution < -0.4 is 9.64 Å². The quantitative estimate of drug-likeness (QED) is 0.731. The third kappa shape index (κ3) is 2.97. The summed E-state index contributed by atoms with van der Waals surface area (Å²) in [5.41, 5.74) is 2.02. The molecule has 0 aliphatic carbocycles. The SMILES string of the molecule is CCCOc1cc(C)c(C#N)cc1N(C)C=O. The smallest absolute Gasteiger partial charge is 0.213 e. The van der Waals surface area contributed by atoms with E-state index in [1.807, 2.05) is 13.8 Å². The summed E-state index contributed by atoms with van der Waals surface area (Å²) < 4.78 is 5.58. The molecule has 1 aromatic carbocycles. The van der Waals surface area contributed by atoms with Crippen molar-refractivity contribution in [3.63, 3.8) is 0 Å². The van der Waals surface area contributed by atoms with Crippen LogP contribution in [0.15, 0.2) is 12.1 Å². The number of ether oxygens (including phenoxy) is 1. The van der Waals surface area contributed by atoms with Crippen molar-refractivity contribution in [2.45, 2.75) is 20.3 Å². The molecule has 1 amide bonds. The van der Waals surface area contributed by atoms with Gasteiger partial charge in [-0.2, -0.15) is 5.26 Å². The molecule has 0 atom stereocenters. The maximum atomic E-state index is 10.8. The lowest BCUT2D eigenvalue weighted by Gasteiger charge is -2.17. The topological polar surface area (TPSA) is 53.3 Å². The Morgan fingerprint density at radius 3 is 2.76 bits per heavy atom. The highest BCUT2D eigenvalue weighted by molar-refractivity contribution is 5.79. The molecule has 0 radical (unpaired) electrons. The van der Waals surface area contributed by atoms with Crippen LogP contribution >= 0.6 is 0 Å². The zero-order valence-corrected chi connectivity index (χ0v) is 10.4. The maximum Gasteiger partial charge on any atom is 0.213 e. The van der Waals surface area contributed by atoms with Gasteiger partial charge in [0.15, 0.2) is 0 Å². The fourth-order valence-corrected chi connectivity index (χ4v) is 1.45. The van der Waals surface area contributed by atoms with Crippen LogP contribution in [0.4, 0.5) is 5.69 Å². The lowest BCUT2D eigenvalue weighted by Crippen LogP contribution is -2.15. The molecule has 0 N–H and O–H groups in total. The van der Waals surface area contributed by atoms with Crippen LogP contribution in [0.25, 0.3) is 0 Å². The standard InChI is InChI=1S/C13H16N2O2/c1-4-5-17-13-6-10(2)11(8-14)7-12(13)15(3)9-16/h6-7,9H,4-5H2,1-3H3. The predicted octanol–water partition coefficient (Wildman–Crippen LogP) is 2.25. The van der Waals surface area contributed by atoms with Crippen LogP contribution in [0.3, 0.4) is 0 Å². The number of carbonyl (C=O) groups excluding carboxylic acids is 1. The molecule has 0 bridgehead atoms. The number of hydrogen-bond donors (Lipinski definition) is 0. The Bertz CT molecular complexity index is 449. The van der Waals surface area contributed by atoms with Gasteiger partial charge in [-0.05, 0) is 31.0 Å². The van der Waals surface area contributed by atoms with E-state index in [1.165, 1.54) is 4.90 Å². The number of nitriles is 1. The van der Waals surface area contributed by atoms with Crippen molar-refractivity contribution < 1.29 is 9.53 Å². The Morgan fingerprint density at radius 1 is 1.53 bits per heavy atom. The lowest BCUT2D eigenvalue weighted by atomic mass is 10.1. The largest absolute Gasteiger partial charge is 0.491 e. The average molecular weight is 232 g/mol. The Hall–Kier alpha value is -2.02. The second-order valence-corrected chi connectivity index (χ2v) is 3.81. The van der Waals surface area contributed by atoms with Gasteiger partial charge in [0.05, 0.1) is 23.9 Å². The monoisotopic (exact) mass is 232 g/mol. The van der Waals surface area contributed by atoms with Crippen molar-refractivity contribution in [3.8, 4) is 11.8 Å². The van der Waals surface area contributed by atoms with Crippen LogP contribution in [0.5, 0.6) is 5.75 Å². The molecule has 0 spiro atoms. The summed E-state index contributed by atoms with van der Waals surface area (Å²) in [5.74, 6) is 0.637. The van der Waals surface area contributed by atoms with Crippen molar-refractivity contribution in [1.29, 1.82) is 5.26 Å². The molecule has 0 aliphatic rings. The van der Waals surface area contributed by atoms with Gasteiger partial charge in [0, 0.05) is 7.05 Å². The first-order valence-corrected chi connectivity index (χ1v) is 5.49. The summed E-state index contributed by atoms with van der Waals surface area (Å²) in [6.07, 6.45) is 1.59. The average Bonchev–Trinajstić information content (AvgIpc) is 2.35. The van der Waals surface area contributed by atoms with E-state index in [9.17, 15) is 4.79 Å². The van der Waals surface area contributed by atoms with Crippen molar-refractivity contribution in [2.24, 2.45) is 0 Å². The van der Waals surface area contributed by atoms with E-state index in [0.717, 1.165) is 12.0 Å². The molecule has 4 heteroatoms. The Balaban J connectivity index is 3.21. The fraction of sp³-hybridized carbons (Fsp3) is 0.385. The molecule has 17 heavy (non-hydrogen) atoms. The van der Waals surface area contributed by atoms with Gasteiger partial charge in [-0.1, -0.05) is 6.92 Å². The molecule has 0 aromatic heterocycles. The first-order valence-electron chi connectivity index (χ1n) is 5.49. The summed E-state index contributed by atoms with van der Waals surface area (Å²) in [4.78, 5) is 12.2. The van der Waals surface area contributed by atoms with Gasteiger partial charge >= 0.3 is 0 Å². The van der Waals surface area contributed by atoms with E-state index < -0.39 is 0 Å². The van der Waals surface area contributed by atoms with E-state index in [0.29, 0.717) is 30.0 Å². The van der Waals surface area contributed by atoms with Gasteiger partial charge in [0.2, 0.25) is 6.41 Å². The number of nitrogens with zero attached hydrogens (tertiary/aromatic N) is 2. The minimum absolute atomic E-state index is 0.553. The van der Waals surface area contributed by atoms with E-state index in [-0.39, 0.29) is 0 Å². The lowest BCUT2D eigenvalue weighted by molar-refractivity contribution is -0.107. The summed E-state index contributed by atoms with van der Waals surface area (Å²) in [6.45, 7) is 4.45. The van der Waals surface area contributed by atoms with Gasteiger partial charge in [-0.25, -0.2) is 0 Å². The van der Waals surface area contributed by atoms with E-state index in [2.05, 4.69) is 6.07 Å². The summed E-state index contributed by atoms with van der Waals surface area (Å²) in [7, 11) is 1.64. The van der Waals surface area contributed by atoms with Crippen LogP contribution in [-0.2, 0) is 4.79 Å². The van der Waals surface area contributed by atoms with Crippen molar-refractivity contribution in [3.05, 3.63) is 23.3 Å². The highest BCUT2D eigenvalue weighted by Gasteiger charge is 2.11. The van der Waals surface area contributed by atoms with Crippen molar-refractivity contribution in [2.75, 3.05) is 18.6 Å². The van der Waals surface area contributed by atoms with Gasteiger partial charge in [0.1, 0.15) is 5.75 Å². The van der Waals surface area contributed by atoms with Crippen LogP contribution in [0.2, 0.25) is 0 Å². The Morgan fingerprint density at radius 2 is 2.24 bits per heavy atom. The van der Waals surface area contributed by atoms with Gasteiger partial charge < -0.3 is 9.64 Å². The minimum atomic E-state index is 0.553.